The van der Waals surface area contributed by atoms with E-state index in [2.05, 4.69) is 26.6 Å². The van der Waals surface area contributed by atoms with Crippen LogP contribution in [0.2, 0.25) is 0 Å². The van der Waals surface area contributed by atoms with E-state index in [0.29, 0.717) is 4.67 Å². The van der Waals surface area contributed by atoms with Crippen LogP contribution >= 0.6 is 15.9 Å². The Kier molecular flexibility index (Phi) is 5.98. The maximum absolute atomic E-state index is 12.0. The number of nitrogens with one attached hydrogen (secondary N) is 2. The third-order valence-corrected chi connectivity index (χ3v) is 3.86. The molecule has 0 saturated carbocycles. The van der Waals surface area contributed by atoms with Gasteiger partial charge in [0.1, 0.15) is 0 Å². The molecular formula is C17H19BrN2O3. The Morgan fingerprint density at radius 1 is 1.17 bits per heavy atom. The molecule has 122 valence electrons. The first kappa shape index (κ1) is 17.3. The van der Waals surface area contributed by atoms with Crippen molar-refractivity contribution >= 4 is 27.7 Å². The molecule has 0 fully saturated rings. The van der Waals surface area contributed by atoms with Crippen LogP contribution in [0, 0.1) is 6.92 Å². The molecule has 1 aromatic heterocycles. The van der Waals surface area contributed by atoms with Crippen LogP contribution in [0.15, 0.2) is 45.5 Å². The third kappa shape index (κ3) is 4.96. The molecule has 1 aromatic carbocycles. The minimum atomic E-state index is -0.422. The SMILES string of the molecule is CC[C@H](NC(=O)CNC(=O)c1ccc(Br)o1)c1ccc(C)cc1. The van der Waals surface area contributed by atoms with E-state index in [0.717, 1.165) is 12.0 Å². The highest BCUT2D eigenvalue weighted by molar-refractivity contribution is 9.10. The van der Waals surface area contributed by atoms with Gasteiger partial charge in [-0.25, -0.2) is 0 Å². The van der Waals surface area contributed by atoms with Crippen molar-refractivity contribution in [1.82, 2.24) is 10.6 Å². The topological polar surface area (TPSA) is 71.3 Å². The number of furan rings is 1. The number of amides is 2. The zero-order valence-corrected chi connectivity index (χ0v) is 14.6. The molecule has 0 aliphatic heterocycles. The summed E-state index contributed by atoms with van der Waals surface area (Å²) in [6.07, 6.45) is 0.772. The second-order valence-electron chi connectivity index (χ2n) is 5.23. The Hall–Kier alpha value is -2.08. The lowest BCUT2D eigenvalue weighted by molar-refractivity contribution is -0.120. The largest absolute Gasteiger partial charge is 0.444 e. The fourth-order valence-electron chi connectivity index (χ4n) is 2.15. The van der Waals surface area contributed by atoms with Gasteiger partial charge in [-0.15, -0.1) is 0 Å². The number of aryl methyl sites for hydroxylation is 1. The molecule has 23 heavy (non-hydrogen) atoms. The van der Waals surface area contributed by atoms with Crippen molar-refractivity contribution in [3.8, 4) is 0 Å². The second kappa shape index (κ2) is 7.97. The highest BCUT2D eigenvalue weighted by Gasteiger charge is 2.15. The van der Waals surface area contributed by atoms with Crippen LogP contribution in [0.5, 0.6) is 0 Å². The van der Waals surface area contributed by atoms with Gasteiger partial charge < -0.3 is 15.1 Å². The van der Waals surface area contributed by atoms with Gasteiger partial charge in [0.25, 0.3) is 5.91 Å². The first-order valence-electron chi connectivity index (χ1n) is 7.39. The van der Waals surface area contributed by atoms with Gasteiger partial charge in [-0.3, -0.25) is 9.59 Å². The highest BCUT2D eigenvalue weighted by atomic mass is 79.9. The fourth-order valence-corrected chi connectivity index (χ4v) is 2.46. The molecule has 6 heteroatoms. The van der Waals surface area contributed by atoms with E-state index < -0.39 is 5.91 Å². The Labute approximate surface area is 143 Å². The summed E-state index contributed by atoms with van der Waals surface area (Å²) < 4.78 is 5.60. The molecule has 0 aliphatic rings. The molecule has 0 saturated heterocycles. The first-order chi connectivity index (χ1) is 11.0. The van der Waals surface area contributed by atoms with E-state index in [-0.39, 0.29) is 24.3 Å². The van der Waals surface area contributed by atoms with Gasteiger partial charge in [0.05, 0.1) is 12.6 Å². The van der Waals surface area contributed by atoms with E-state index >= 15 is 0 Å². The summed E-state index contributed by atoms with van der Waals surface area (Å²) in [6.45, 7) is 3.93. The maximum Gasteiger partial charge on any atom is 0.287 e. The molecular weight excluding hydrogens is 360 g/mol. The minimum absolute atomic E-state index is 0.0715. The number of halogens is 1. The van der Waals surface area contributed by atoms with Crippen LogP contribution in [-0.4, -0.2) is 18.4 Å². The fraction of sp³-hybridized carbons (Fsp3) is 0.294. The van der Waals surface area contributed by atoms with Crippen molar-refractivity contribution < 1.29 is 14.0 Å². The van der Waals surface area contributed by atoms with Gasteiger partial charge in [-0.2, -0.15) is 0 Å². The van der Waals surface area contributed by atoms with Crippen molar-refractivity contribution in [2.45, 2.75) is 26.3 Å². The summed E-state index contributed by atoms with van der Waals surface area (Å²) in [6, 6.07) is 11.1. The van der Waals surface area contributed by atoms with E-state index in [4.69, 9.17) is 4.42 Å². The maximum atomic E-state index is 12.0. The average molecular weight is 379 g/mol. The summed E-state index contributed by atoms with van der Waals surface area (Å²) >= 11 is 3.13. The van der Waals surface area contributed by atoms with Crippen molar-refractivity contribution in [1.29, 1.82) is 0 Å². The van der Waals surface area contributed by atoms with Gasteiger partial charge in [0.2, 0.25) is 5.91 Å². The number of hydrogen-bond donors (Lipinski definition) is 2. The van der Waals surface area contributed by atoms with Gasteiger partial charge in [0.15, 0.2) is 10.4 Å². The zero-order chi connectivity index (χ0) is 16.8. The molecule has 2 aromatic rings. The molecule has 2 amide bonds. The Bertz CT molecular complexity index is 679. The van der Waals surface area contributed by atoms with Crippen molar-refractivity contribution in [3.05, 3.63) is 58.0 Å². The predicted octanol–water partition coefficient (Wildman–Crippen LogP) is 3.35. The van der Waals surface area contributed by atoms with E-state index in [1.54, 1.807) is 12.1 Å². The van der Waals surface area contributed by atoms with Crippen LogP contribution in [-0.2, 0) is 4.79 Å². The Morgan fingerprint density at radius 2 is 1.87 bits per heavy atom. The van der Waals surface area contributed by atoms with Gasteiger partial charge in [-0.1, -0.05) is 36.8 Å². The molecule has 0 unspecified atom stereocenters. The Morgan fingerprint density at radius 3 is 2.43 bits per heavy atom. The summed E-state index contributed by atoms with van der Waals surface area (Å²) in [4.78, 5) is 23.8. The van der Waals surface area contributed by atoms with Crippen molar-refractivity contribution in [2.24, 2.45) is 0 Å². The summed E-state index contributed by atoms with van der Waals surface area (Å²) in [5, 5.41) is 5.46. The van der Waals surface area contributed by atoms with Crippen LogP contribution in [0.4, 0.5) is 0 Å². The Balaban J connectivity index is 1.87. The first-order valence-corrected chi connectivity index (χ1v) is 8.18. The van der Waals surface area contributed by atoms with E-state index in [9.17, 15) is 9.59 Å². The molecule has 0 aliphatic carbocycles. The van der Waals surface area contributed by atoms with Gasteiger partial charge in [0, 0.05) is 0 Å². The lowest BCUT2D eigenvalue weighted by Gasteiger charge is -2.17. The molecule has 2 rings (SSSR count). The van der Waals surface area contributed by atoms with Gasteiger partial charge in [-0.05, 0) is 47.0 Å². The molecule has 0 spiro atoms. The molecule has 2 N–H and O–H groups in total. The number of benzene rings is 1. The monoisotopic (exact) mass is 378 g/mol. The van der Waals surface area contributed by atoms with Crippen molar-refractivity contribution in [3.63, 3.8) is 0 Å². The summed E-state index contributed by atoms with van der Waals surface area (Å²) in [5.74, 6) is -0.499. The lowest BCUT2D eigenvalue weighted by atomic mass is 10.0. The number of hydrogen-bond acceptors (Lipinski definition) is 3. The van der Waals surface area contributed by atoms with Crippen LogP contribution < -0.4 is 10.6 Å². The van der Waals surface area contributed by atoms with Gasteiger partial charge >= 0.3 is 0 Å². The molecule has 1 heterocycles. The normalized spacial score (nSPS) is 11.8. The smallest absolute Gasteiger partial charge is 0.287 e. The standard InChI is InChI=1S/C17H19BrN2O3/c1-3-13(12-6-4-11(2)5-7-12)20-16(21)10-19-17(22)14-8-9-15(18)23-14/h4-9,13H,3,10H2,1-2H3,(H,19,22)(H,20,21)/t13-/m0/s1. The van der Waals surface area contributed by atoms with Crippen LogP contribution in [0.1, 0.15) is 41.1 Å². The van der Waals surface area contributed by atoms with Crippen molar-refractivity contribution in [2.75, 3.05) is 6.54 Å². The summed E-state index contributed by atoms with van der Waals surface area (Å²) in [7, 11) is 0. The highest BCUT2D eigenvalue weighted by Crippen LogP contribution is 2.17. The number of rotatable bonds is 6. The number of carbonyl (C=O) groups excluding carboxylic acids is 2. The lowest BCUT2D eigenvalue weighted by Crippen LogP contribution is -2.38. The quantitative estimate of drug-likeness (QED) is 0.809. The third-order valence-electron chi connectivity index (χ3n) is 3.43. The minimum Gasteiger partial charge on any atom is -0.444 e. The average Bonchev–Trinajstić information content (AvgIpc) is 2.98. The van der Waals surface area contributed by atoms with E-state index in [1.165, 1.54) is 5.56 Å². The molecule has 0 radical (unpaired) electrons. The second-order valence-corrected chi connectivity index (χ2v) is 6.01. The zero-order valence-electron chi connectivity index (χ0n) is 13.1. The molecule has 5 nitrogen and oxygen atoms in total. The van der Waals surface area contributed by atoms with E-state index in [1.807, 2.05) is 38.1 Å². The predicted molar refractivity (Wildman–Crippen MR) is 91.1 cm³/mol. The van der Waals surface area contributed by atoms with Crippen LogP contribution in [0.25, 0.3) is 0 Å². The number of carbonyl (C=O) groups is 2. The molecule has 0 bridgehead atoms. The summed E-state index contributed by atoms with van der Waals surface area (Å²) in [5.41, 5.74) is 2.22. The van der Waals surface area contributed by atoms with Crippen LogP contribution in [0.3, 0.4) is 0 Å². The molecule has 1 atom stereocenters.